The van der Waals surface area contributed by atoms with Crippen LogP contribution in [0.4, 0.5) is 0 Å². The summed E-state index contributed by atoms with van der Waals surface area (Å²) in [6.45, 7) is 3.86. The van der Waals surface area contributed by atoms with E-state index in [0.29, 0.717) is 11.8 Å². The highest BCUT2D eigenvalue weighted by Crippen LogP contribution is 2.57. The van der Waals surface area contributed by atoms with Gasteiger partial charge in [-0.15, -0.1) is 0 Å². The molecule has 0 spiro atoms. The largest absolute Gasteiger partial charge is 0.393 e. The Balaban J connectivity index is 1.26. The molecule has 2 atom stereocenters. The van der Waals surface area contributed by atoms with Gasteiger partial charge in [0.25, 0.3) is 0 Å². The molecule has 0 aromatic carbocycles. The van der Waals surface area contributed by atoms with E-state index in [2.05, 4.69) is 10.2 Å². The molecule has 0 aromatic heterocycles. The Morgan fingerprint density at radius 1 is 1.16 bits per heavy atom. The van der Waals surface area contributed by atoms with Crippen LogP contribution in [0.1, 0.15) is 38.5 Å². The fourth-order valence-corrected chi connectivity index (χ4v) is 3.99. The molecule has 0 bridgehead atoms. The van der Waals surface area contributed by atoms with Gasteiger partial charge in [-0.2, -0.15) is 0 Å². The minimum atomic E-state index is -0.0924. The average molecular weight is 266 g/mol. The number of aliphatic hydroxyl groups excluding tert-OH is 1. The number of fused-ring (bicyclic) bond motifs is 1. The number of carbonyl (C=O) groups is 1. The minimum Gasteiger partial charge on any atom is -0.393 e. The Bertz CT molecular complexity index is 316. The van der Waals surface area contributed by atoms with Gasteiger partial charge in [0, 0.05) is 25.6 Å². The van der Waals surface area contributed by atoms with Gasteiger partial charge in [-0.05, 0) is 50.5 Å². The molecule has 2 saturated carbocycles. The average Bonchev–Trinajstić information content (AvgIpc) is 2.90. The van der Waals surface area contributed by atoms with Gasteiger partial charge in [-0.25, -0.2) is 0 Å². The lowest BCUT2D eigenvalue weighted by Crippen LogP contribution is -2.37. The van der Waals surface area contributed by atoms with Crippen LogP contribution in [0.5, 0.6) is 0 Å². The van der Waals surface area contributed by atoms with Gasteiger partial charge in [0.15, 0.2) is 0 Å². The number of hydrogen-bond donors (Lipinski definition) is 2. The number of nitrogens with one attached hydrogen (secondary N) is 1. The zero-order chi connectivity index (χ0) is 13.2. The molecule has 108 valence electrons. The van der Waals surface area contributed by atoms with Crippen molar-refractivity contribution in [2.75, 3.05) is 26.2 Å². The fourth-order valence-electron chi connectivity index (χ4n) is 3.99. The van der Waals surface area contributed by atoms with Gasteiger partial charge in [0.1, 0.15) is 0 Å². The molecule has 1 heterocycles. The Hall–Kier alpha value is -0.610. The summed E-state index contributed by atoms with van der Waals surface area (Å²) in [5, 5.41) is 12.5. The Kier molecular flexibility index (Phi) is 4.08. The molecular weight excluding hydrogens is 240 g/mol. The molecule has 1 saturated heterocycles. The second kappa shape index (κ2) is 5.80. The Morgan fingerprint density at radius 2 is 1.84 bits per heavy atom. The summed E-state index contributed by atoms with van der Waals surface area (Å²) in [6, 6.07) is 0. The van der Waals surface area contributed by atoms with Crippen molar-refractivity contribution in [2.24, 2.45) is 17.8 Å². The molecule has 4 heteroatoms. The van der Waals surface area contributed by atoms with E-state index in [0.717, 1.165) is 57.3 Å². The van der Waals surface area contributed by atoms with Crippen LogP contribution in [-0.2, 0) is 4.79 Å². The van der Waals surface area contributed by atoms with Crippen LogP contribution < -0.4 is 5.32 Å². The molecule has 19 heavy (non-hydrogen) atoms. The molecule has 0 aromatic rings. The van der Waals surface area contributed by atoms with Crippen LogP contribution in [0.25, 0.3) is 0 Å². The summed E-state index contributed by atoms with van der Waals surface area (Å²) < 4.78 is 0. The highest BCUT2D eigenvalue weighted by Gasteiger charge is 2.56. The summed E-state index contributed by atoms with van der Waals surface area (Å²) in [6.07, 6.45) is 6.63. The van der Waals surface area contributed by atoms with E-state index in [1.165, 1.54) is 19.3 Å². The number of aliphatic hydroxyl groups is 1. The maximum absolute atomic E-state index is 12.0. The van der Waals surface area contributed by atoms with E-state index in [1.54, 1.807) is 0 Å². The normalized spacial score (nSPS) is 35.1. The van der Waals surface area contributed by atoms with Crippen molar-refractivity contribution in [1.82, 2.24) is 10.2 Å². The van der Waals surface area contributed by atoms with Crippen molar-refractivity contribution in [3.05, 3.63) is 0 Å². The maximum Gasteiger partial charge on any atom is 0.223 e. The summed E-state index contributed by atoms with van der Waals surface area (Å²) in [5.74, 6) is 2.12. The Morgan fingerprint density at radius 3 is 2.53 bits per heavy atom. The van der Waals surface area contributed by atoms with Gasteiger partial charge in [0.05, 0.1) is 6.10 Å². The second-order valence-corrected chi connectivity index (χ2v) is 6.50. The summed E-state index contributed by atoms with van der Waals surface area (Å²) in [7, 11) is 0. The van der Waals surface area contributed by atoms with Crippen LogP contribution in [0.15, 0.2) is 0 Å². The third-order valence-corrected chi connectivity index (χ3v) is 5.22. The lowest BCUT2D eigenvalue weighted by atomic mass is 10.1. The predicted octanol–water partition coefficient (Wildman–Crippen LogP) is 0.995. The molecule has 1 amide bonds. The fraction of sp³-hybridized carbons (Fsp3) is 0.933. The Labute approximate surface area is 115 Å². The molecular formula is C15H26N2O2. The van der Waals surface area contributed by atoms with E-state index in [1.807, 2.05) is 0 Å². The van der Waals surface area contributed by atoms with Crippen molar-refractivity contribution in [3.63, 3.8) is 0 Å². The van der Waals surface area contributed by atoms with Gasteiger partial charge in [0.2, 0.25) is 5.91 Å². The lowest BCUT2D eigenvalue weighted by Gasteiger charge is -2.29. The number of piperidine rings is 1. The van der Waals surface area contributed by atoms with Crippen LogP contribution >= 0.6 is 0 Å². The zero-order valence-corrected chi connectivity index (χ0v) is 11.7. The van der Waals surface area contributed by atoms with Gasteiger partial charge in [-0.1, -0.05) is 6.42 Å². The zero-order valence-electron chi connectivity index (χ0n) is 11.7. The monoisotopic (exact) mass is 266 g/mol. The topological polar surface area (TPSA) is 52.6 Å². The molecule has 1 aliphatic heterocycles. The van der Waals surface area contributed by atoms with E-state index in [9.17, 15) is 9.90 Å². The highest BCUT2D eigenvalue weighted by atomic mass is 16.3. The number of likely N-dealkylation sites (tertiary alicyclic amines) is 1. The number of amides is 1. The third kappa shape index (κ3) is 3.11. The summed E-state index contributed by atoms with van der Waals surface area (Å²) in [5.41, 5.74) is 0. The van der Waals surface area contributed by atoms with Crippen molar-refractivity contribution >= 4 is 5.91 Å². The smallest absolute Gasteiger partial charge is 0.223 e. The van der Waals surface area contributed by atoms with Crippen LogP contribution in [0.3, 0.4) is 0 Å². The highest BCUT2D eigenvalue weighted by molar-refractivity contribution is 5.82. The number of hydrogen-bond acceptors (Lipinski definition) is 3. The number of nitrogens with zero attached hydrogens (tertiary/aromatic N) is 1. The molecule has 4 nitrogen and oxygen atoms in total. The second-order valence-electron chi connectivity index (χ2n) is 6.50. The summed E-state index contributed by atoms with van der Waals surface area (Å²) >= 11 is 0. The quantitative estimate of drug-likeness (QED) is 0.730. The van der Waals surface area contributed by atoms with E-state index in [-0.39, 0.29) is 6.10 Å². The van der Waals surface area contributed by atoms with Crippen molar-refractivity contribution in [1.29, 1.82) is 0 Å². The summed E-state index contributed by atoms with van der Waals surface area (Å²) in [4.78, 5) is 14.3. The van der Waals surface area contributed by atoms with Crippen molar-refractivity contribution in [2.45, 2.75) is 44.6 Å². The molecule has 3 aliphatic rings. The molecule has 0 radical (unpaired) electrons. The first kappa shape index (κ1) is 13.4. The first-order valence-corrected chi connectivity index (χ1v) is 7.94. The SMILES string of the molecule is O=C(NCCCN1CCC(O)CC1)C1C2CCCC21. The number of carbonyl (C=O) groups excluding carboxylic acids is 1. The maximum atomic E-state index is 12.0. The van der Waals surface area contributed by atoms with E-state index in [4.69, 9.17) is 0 Å². The number of rotatable bonds is 5. The van der Waals surface area contributed by atoms with Crippen LogP contribution in [0.2, 0.25) is 0 Å². The van der Waals surface area contributed by atoms with Crippen molar-refractivity contribution in [3.8, 4) is 0 Å². The molecule has 2 unspecified atom stereocenters. The van der Waals surface area contributed by atoms with Crippen LogP contribution in [0, 0.1) is 17.8 Å². The first-order chi connectivity index (χ1) is 9.25. The predicted molar refractivity (Wildman–Crippen MR) is 73.6 cm³/mol. The van der Waals surface area contributed by atoms with E-state index >= 15 is 0 Å². The van der Waals surface area contributed by atoms with Gasteiger partial charge < -0.3 is 15.3 Å². The molecule has 2 aliphatic carbocycles. The molecule has 3 rings (SSSR count). The molecule has 3 fully saturated rings. The van der Waals surface area contributed by atoms with Gasteiger partial charge >= 0.3 is 0 Å². The van der Waals surface area contributed by atoms with E-state index < -0.39 is 0 Å². The lowest BCUT2D eigenvalue weighted by molar-refractivity contribution is -0.123. The third-order valence-electron chi connectivity index (χ3n) is 5.22. The van der Waals surface area contributed by atoms with Crippen LogP contribution in [-0.4, -0.2) is 48.2 Å². The van der Waals surface area contributed by atoms with Crippen molar-refractivity contribution < 1.29 is 9.90 Å². The minimum absolute atomic E-state index is 0.0924. The standard InChI is InChI=1S/C15H26N2O2/c18-11-5-9-17(10-6-11)8-2-7-16-15(19)14-12-3-1-4-13(12)14/h11-14,18H,1-10H2,(H,16,19). The van der Waals surface area contributed by atoms with Gasteiger partial charge in [-0.3, -0.25) is 4.79 Å². The first-order valence-electron chi connectivity index (χ1n) is 7.94. The molecule has 2 N–H and O–H groups in total.